The molecular weight excluding hydrogens is 397 g/mol. The minimum atomic E-state index is -0.492. The van der Waals surface area contributed by atoms with Crippen LogP contribution >= 0.6 is 0 Å². The van der Waals surface area contributed by atoms with Gasteiger partial charge in [0, 0.05) is 44.1 Å². The largest absolute Gasteiger partial charge is 0.367 e. The average molecular weight is 421 g/mol. The summed E-state index contributed by atoms with van der Waals surface area (Å²) in [6, 6.07) is 7.39. The van der Waals surface area contributed by atoms with Gasteiger partial charge in [-0.2, -0.15) is 5.10 Å². The van der Waals surface area contributed by atoms with E-state index in [0.717, 1.165) is 36.5 Å². The lowest BCUT2D eigenvalue weighted by Gasteiger charge is -2.34. The number of nitrogens with zero attached hydrogens (tertiary/aromatic N) is 5. The third-order valence-corrected chi connectivity index (χ3v) is 5.55. The van der Waals surface area contributed by atoms with Gasteiger partial charge in [0.2, 0.25) is 0 Å². The molecule has 1 amide bonds. The number of amides is 1. The second kappa shape index (κ2) is 7.35. The average Bonchev–Trinajstić information content (AvgIpc) is 3.28. The minimum absolute atomic E-state index is 0.232. The van der Waals surface area contributed by atoms with E-state index >= 15 is 0 Å². The van der Waals surface area contributed by atoms with Gasteiger partial charge in [0.15, 0.2) is 11.5 Å². The Bertz CT molecular complexity index is 1310. The number of hydrogen-bond acceptors (Lipinski definition) is 5. The fourth-order valence-electron chi connectivity index (χ4n) is 4.21. The van der Waals surface area contributed by atoms with Crippen LogP contribution in [0.25, 0.3) is 11.2 Å². The monoisotopic (exact) mass is 421 g/mol. The van der Waals surface area contributed by atoms with E-state index in [2.05, 4.69) is 32.5 Å². The molecule has 8 nitrogen and oxygen atoms in total. The third kappa shape index (κ3) is 3.50. The van der Waals surface area contributed by atoms with Crippen molar-refractivity contribution < 1.29 is 9.18 Å². The van der Waals surface area contributed by atoms with Crippen molar-refractivity contribution in [2.24, 2.45) is 0 Å². The number of pyridine rings is 2. The predicted molar refractivity (Wildman–Crippen MR) is 117 cm³/mol. The Balaban J connectivity index is 1.50. The maximum atomic E-state index is 14.4. The molecular formula is C22H24FN7O. The standard InChI is InChI=1S/C22H24FN7O/c1-13-8-20-18(28-7-6-24-14(2)10-28)4-5-19(30(20)27-13)22(31)26-16-9-17(23)21-25-15(3)11-29(21)12-16/h4-5,8-9,11-12,14,24H,6-7,10H2,1-3H3,(H,26,31). The van der Waals surface area contributed by atoms with Crippen molar-refractivity contribution in [1.29, 1.82) is 0 Å². The number of aryl methyl sites for hydroxylation is 2. The number of rotatable bonds is 3. The van der Waals surface area contributed by atoms with Crippen LogP contribution in [0.2, 0.25) is 0 Å². The lowest BCUT2D eigenvalue weighted by Crippen LogP contribution is -2.49. The quantitative estimate of drug-likeness (QED) is 0.532. The van der Waals surface area contributed by atoms with Crippen molar-refractivity contribution in [3.8, 4) is 0 Å². The van der Waals surface area contributed by atoms with Gasteiger partial charge in [0.05, 0.1) is 28.3 Å². The van der Waals surface area contributed by atoms with Gasteiger partial charge in [0.1, 0.15) is 5.69 Å². The highest BCUT2D eigenvalue weighted by Gasteiger charge is 2.21. The first-order valence-corrected chi connectivity index (χ1v) is 10.3. The van der Waals surface area contributed by atoms with Gasteiger partial charge in [-0.1, -0.05) is 0 Å². The Labute approximate surface area is 178 Å². The van der Waals surface area contributed by atoms with Crippen molar-refractivity contribution >= 4 is 28.4 Å². The molecule has 9 heteroatoms. The first kappa shape index (κ1) is 19.5. The molecule has 0 bridgehead atoms. The number of aromatic nitrogens is 4. The molecule has 2 N–H and O–H groups in total. The molecule has 1 aliphatic heterocycles. The van der Waals surface area contributed by atoms with E-state index in [0.29, 0.717) is 23.1 Å². The fraction of sp³-hybridized carbons (Fsp3) is 0.318. The molecule has 160 valence electrons. The zero-order valence-electron chi connectivity index (χ0n) is 17.7. The number of halogens is 1. The zero-order chi connectivity index (χ0) is 21.7. The van der Waals surface area contributed by atoms with Gasteiger partial charge in [-0.15, -0.1) is 0 Å². The van der Waals surface area contributed by atoms with Crippen molar-refractivity contribution in [1.82, 2.24) is 24.3 Å². The van der Waals surface area contributed by atoms with Crippen LogP contribution in [-0.4, -0.2) is 50.6 Å². The molecule has 31 heavy (non-hydrogen) atoms. The van der Waals surface area contributed by atoms with Crippen LogP contribution in [0.3, 0.4) is 0 Å². The Morgan fingerprint density at radius 3 is 2.87 bits per heavy atom. The summed E-state index contributed by atoms with van der Waals surface area (Å²) in [5.74, 6) is -0.849. The molecule has 5 rings (SSSR count). The molecule has 1 atom stereocenters. The van der Waals surface area contributed by atoms with Crippen molar-refractivity contribution in [2.45, 2.75) is 26.8 Å². The zero-order valence-corrected chi connectivity index (χ0v) is 17.7. The highest BCUT2D eigenvalue weighted by Crippen LogP contribution is 2.26. The van der Waals surface area contributed by atoms with Crippen LogP contribution in [-0.2, 0) is 0 Å². The number of hydrogen-bond donors (Lipinski definition) is 2. The Morgan fingerprint density at radius 1 is 1.23 bits per heavy atom. The Morgan fingerprint density at radius 2 is 2.06 bits per heavy atom. The number of carbonyl (C=O) groups excluding carboxylic acids is 1. The number of anilines is 2. The number of piperazine rings is 1. The number of imidazole rings is 1. The molecule has 1 aliphatic rings. The molecule has 0 aliphatic carbocycles. The first-order valence-electron chi connectivity index (χ1n) is 10.3. The Kier molecular flexibility index (Phi) is 4.62. The van der Waals surface area contributed by atoms with Crippen LogP contribution in [0.1, 0.15) is 28.8 Å². The summed E-state index contributed by atoms with van der Waals surface area (Å²) in [5.41, 5.74) is 4.43. The lowest BCUT2D eigenvalue weighted by atomic mass is 10.2. The van der Waals surface area contributed by atoms with E-state index in [1.165, 1.54) is 6.07 Å². The molecule has 4 aromatic heterocycles. The van der Waals surface area contributed by atoms with Crippen LogP contribution in [0, 0.1) is 19.7 Å². The van der Waals surface area contributed by atoms with Crippen molar-refractivity contribution in [2.75, 3.05) is 29.9 Å². The van der Waals surface area contributed by atoms with Crippen LogP contribution in [0.4, 0.5) is 15.8 Å². The van der Waals surface area contributed by atoms with Gasteiger partial charge < -0.3 is 19.9 Å². The number of nitrogens with one attached hydrogen (secondary N) is 2. The third-order valence-electron chi connectivity index (χ3n) is 5.55. The van der Waals surface area contributed by atoms with E-state index in [4.69, 9.17) is 0 Å². The SMILES string of the molecule is Cc1cn2cc(NC(=O)c3ccc(N4CCNC(C)C4)c4cc(C)nn34)cc(F)c2n1. The predicted octanol–water partition coefficient (Wildman–Crippen LogP) is 2.79. The van der Waals surface area contributed by atoms with E-state index in [1.807, 2.05) is 19.1 Å². The Hall–Kier alpha value is -3.46. The molecule has 1 unspecified atom stereocenters. The molecule has 1 fully saturated rings. The van der Waals surface area contributed by atoms with E-state index < -0.39 is 5.82 Å². The van der Waals surface area contributed by atoms with E-state index in [1.54, 1.807) is 34.3 Å². The summed E-state index contributed by atoms with van der Waals surface area (Å²) in [6.07, 6.45) is 3.37. The van der Waals surface area contributed by atoms with E-state index in [9.17, 15) is 9.18 Å². The van der Waals surface area contributed by atoms with Crippen LogP contribution in [0.15, 0.2) is 36.7 Å². The maximum Gasteiger partial charge on any atom is 0.274 e. The van der Waals surface area contributed by atoms with Crippen LogP contribution < -0.4 is 15.5 Å². The van der Waals surface area contributed by atoms with Gasteiger partial charge in [-0.3, -0.25) is 4.79 Å². The lowest BCUT2D eigenvalue weighted by molar-refractivity contribution is 0.102. The number of carbonyl (C=O) groups is 1. The van der Waals surface area contributed by atoms with Crippen molar-refractivity contribution in [3.63, 3.8) is 0 Å². The number of fused-ring (bicyclic) bond motifs is 2. The summed E-state index contributed by atoms with van der Waals surface area (Å²) in [7, 11) is 0. The highest BCUT2D eigenvalue weighted by molar-refractivity contribution is 6.04. The molecule has 5 heterocycles. The molecule has 0 aromatic carbocycles. The smallest absolute Gasteiger partial charge is 0.274 e. The molecule has 0 spiro atoms. The summed E-state index contributed by atoms with van der Waals surface area (Å²) >= 11 is 0. The summed E-state index contributed by atoms with van der Waals surface area (Å²) < 4.78 is 17.6. The first-order chi connectivity index (χ1) is 14.9. The highest BCUT2D eigenvalue weighted by atomic mass is 19.1. The van der Waals surface area contributed by atoms with Gasteiger partial charge in [0.25, 0.3) is 5.91 Å². The van der Waals surface area contributed by atoms with E-state index in [-0.39, 0.29) is 11.6 Å². The molecule has 0 radical (unpaired) electrons. The summed E-state index contributed by atoms with van der Waals surface area (Å²) in [4.78, 5) is 19.5. The van der Waals surface area contributed by atoms with Crippen LogP contribution in [0.5, 0.6) is 0 Å². The van der Waals surface area contributed by atoms with Gasteiger partial charge >= 0.3 is 0 Å². The molecule has 1 saturated heterocycles. The second-order valence-corrected chi connectivity index (χ2v) is 8.13. The fourth-order valence-corrected chi connectivity index (χ4v) is 4.21. The van der Waals surface area contributed by atoms with Gasteiger partial charge in [-0.05, 0) is 39.0 Å². The molecule has 0 saturated carbocycles. The minimum Gasteiger partial charge on any atom is -0.367 e. The van der Waals surface area contributed by atoms with Gasteiger partial charge in [-0.25, -0.2) is 13.9 Å². The summed E-state index contributed by atoms with van der Waals surface area (Å²) in [5, 5.41) is 10.8. The summed E-state index contributed by atoms with van der Waals surface area (Å²) in [6.45, 7) is 8.54. The second-order valence-electron chi connectivity index (χ2n) is 8.13. The normalized spacial score (nSPS) is 16.9. The molecule has 4 aromatic rings. The van der Waals surface area contributed by atoms with Crippen molar-refractivity contribution in [3.05, 3.63) is 59.6 Å². The topological polar surface area (TPSA) is 79.0 Å². The maximum absolute atomic E-state index is 14.4.